The molecule has 6 heteroatoms. The number of aromatic nitrogens is 1. The Morgan fingerprint density at radius 3 is 2.41 bits per heavy atom. The van der Waals surface area contributed by atoms with E-state index in [0.717, 1.165) is 22.1 Å². The molecule has 0 fully saturated rings. The lowest BCUT2D eigenvalue weighted by atomic mass is 10.0. The molecule has 4 rings (SSSR count). The maximum atomic E-state index is 13.3. The van der Waals surface area contributed by atoms with Crippen LogP contribution >= 0.6 is 0 Å². The van der Waals surface area contributed by atoms with Gasteiger partial charge in [-0.15, -0.1) is 0 Å². The first-order chi connectivity index (χ1) is 13.9. The molecule has 0 saturated heterocycles. The minimum atomic E-state index is -3.78. The lowest BCUT2D eigenvalue weighted by Crippen LogP contribution is -2.11. The summed E-state index contributed by atoms with van der Waals surface area (Å²) in [7, 11) is -3.78. The molecule has 5 nitrogen and oxygen atoms in total. The molecule has 0 aliphatic rings. The van der Waals surface area contributed by atoms with Gasteiger partial charge in [-0.05, 0) is 36.2 Å². The molecule has 0 unspecified atom stereocenters. The second-order valence-electron chi connectivity index (χ2n) is 6.94. The fourth-order valence-electron chi connectivity index (χ4n) is 3.43. The Kier molecular flexibility index (Phi) is 4.72. The summed E-state index contributed by atoms with van der Waals surface area (Å²) >= 11 is 0. The number of hydrogen-bond donors (Lipinski definition) is 1. The molecule has 0 aliphatic heterocycles. The van der Waals surface area contributed by atoms with E-state index in [1.54, 1.807) is 60.8 Å². The minimum absolute atomic E-state index is 0.0891. The summed E-state index contributed by atoms with van der Waals surface area (Å²) in [5.74, 6) is -0.911. The van der Waals surface area contributed by atoms with Gasteiger partial charge >= 0.3 is 5.97 Å². The van der Waals surface area contributed by atoms with Gasteiger partial charge in [0, 0.05) is 17.1 Å². The van der Waals surface area contributed by atoms with Crippen molar-refractivity contribution < 1.29 is 18.3 Å². The number of benzene rings is 3. The Labute approximate surface area is 168 Å². The largest absolute Gasteiger partial charge is 0.481 e. The summed E-state index contributed by atoms with van der Waals surface area (Å²) in [5.41, 5.74) is 3.73. The predicted octanol–water partition coefficient (Wildman–Crippen LogP) is 4.48. The number of aliphatic carboxylic acids is 1. The normalized spacial score (nSPS) is 11.6. The number of carbonyl (C=O) groups is 1. The Bertz CT molecular complexity index is 1320. The highest BCUT2D eigenvalue weighted by molar-refractivity contribution is 7.90. The zero-order valence-electron chi connectivity index (χ0n) is 15.7. The molecule has 1 heterocycles. The Morgan fingerprint density at radius 1 is 0.966 bits per heavy atom. The van der Waals surface area contributed by atoms with Crippen molar-refractivity contribution in [2.75, 3.05) is 0 Å². The highest BCUT2D eigenvalue weighted by atomic mass is 32.2. The van der Waals surface area contributed by atoms with Crippen molar-refractivity contribution >= 4 is 26.9 Å². The molecule has 146 valence electrons. The zero-order chi connectivity index (χ0) is 20.6. The Morgan fingerprint density at radius 2 is 1.69 bits per heavy atom. The van der Waals surface area contributed by atoms with E-state index in [4.69, 9.17) is 5.11 Å². The number of para-hydroxylation sites is 1. The van der Waals surface area contributed by atoms with Crippen molar-refractivity contribution in [1.82, 2.24) is 3.97 Å². The monoisotopic (exact) mass is 405 g/mol. The van der Waals surface area contributed by atoms with Crippen LogP contribution in [0.15, 0.2) is 83.9 Å². The van der Waals surface area contributed by atoms with Crippen molar-refractivity contribution in [2.24, 2.45) is 0 Å². The van der Waals surface area contributed by atoms with E-state index in [1.807, 2.05) is 25.1 Å². The quantitative estimate of drug-likeness (QED) is 0.531. The van der Waals surface area contributed by atoms with Crippen LogP contribution in [0.4, 0.5) is 0 Å². The molecule has 0 amide bonds. The van der Waals surface area contributed by atoms with E-state index >= 15 is 0 Å². The maximum Gasteiger partial charge on any atom is 0.307 e. The third-order valence-electron chi connectivity index (χ3n) is 4.85. The van der Waals surface area contributed by atoms with Crippen molar-refractivity contribution in [2.45, 2.75) is 18.2 Å². The number of hydrogen-bond acceptors (Lipinski definition) is 3. The van der Waals surface area contributed by atoms with Crippen LogP contribution in [0.2, 0.25) is 0 Å². The predicted molar refractivity (Wildman–Crippen MR) is 112 cm³/mol. The fourth-order valence-corrected chi connectivity index (χ4v) is 4.80. The standard InChI is InChI=1S/C23H19NO4S/c1-16-9-11-19(12-10-16)29(27,28)24-15-21(20-7-2-3-8-22(20)24)18-6-4-5-17(13-18)14-23(25)26/h2-13,15H,14H2,1H3,(H,25,26). The van der Waals surface area contributed by atoms with Crippen LogP contribution in [0.1, 0.15) is 11.1 Å². The molecule has 1 N–H and O–H groups in total. The lowest BCUT2D eigenvalue weighted by Gasteiger charge is -2.07. The molecular formula is C23H19NO4S. The number of fused-ring (bicyclic) bond motifs is 1. The first-order valence-electron chi connectivity index (χ1n) is 9.10. The van der Waals surface area contributed by atoms with Crippen LogP contribution in [0.5, 0.6) is 0 Å². The van der Waals surface area contributed by atoms with Gasteiger partial charge < -0.3 is 5.11 Å². The summed E-state index contributed by atoms with van der Waals surface area (Å²) in [6, 6.07) is 21.2. The van der Waals surface area contributed by atoms with Crippen molar-refractivity contribution in [3.8, 4) is 11.1 Å². The van der Waals surface area contributed by atoms with Gasteiger partial charge in [-0.1, -0.05) is 60.2 Å². The molecule has 0 radical (unpaired) electrons. The van der Waals surface area contributed by atoms with Crippen LogP contribution in [0.3, 0.4) is 0 Å². The summed E-state index contributed by atoms with van der Waals surface area (Å²) in [6.07, 6.45) is 1.52. The van der Waals surface area contributed by atoms with Crippen LogP contribution in [0, 0.1) is 6.92 Å². The molecule has 0 spiro atoms. The van der Waals surface area contributed by atoms with E-state index < -0.39 is 16.0 Å². The molecule has 0 aliphatic carbocycles. The molecule has 4 aromatic rings. The smallest absolute Gasteiger partial charge is 0.307 e. The van der Waals surface area contributed by atoms with Gasteiger partial charge in [0.25, 0.3) is 10.0 Å². The van der Waals surface area contributed by atoms with Gasteiger partial charge in [0.2, 0.25) is 0 Å². The van der Waals surface area contributed by atoms with Crippen molar-refractivity contribution in [3.05, 3.63) is 90.1 Å². The Hall–Kier alpha value is -3.38. The van der Waals surface area contributed by atoms with E-state index in [9.17, 15) is 13.2 Å². The highest BCUT2D eigenvalue weighted by Gasteiger charge is 2.21. The third kappa shape index (κ3) is 3.54. The number of aryl methyl sites for hydroxylation is 1. The first-order valence-corrected chi connectivity index (χ1v) is 10.5. The molecule has 1 aromatic heterocycles. The molecule has 0 atom stereocenters. The van der Waals surface area contributed by atoms with Crippen LogP contribution in [-0.4, -0.2) is 23.5 Å². The number of carboxylic acid groups (broad SMARTS) is 1. The first kappa shape index (κ1) is 19.0. The number of nitrogens with zero attached hydrogens (tertiary/aromatic N) is 1. The van der Waals surface area contributed by atoms with Gasteiger partial charge in [-0.25, -0.2) is 12.4 Å². The summed E-state index contributed by atoms with van der Waals surface area (Å²) < 4.78 is 27.9. The average Bonchev–Trinajstić information content (AvgIpc) is 3.09. The zero-order valence-corrected chi connectivity index (χ0v) is 16.6. The average molecular weight is 405 g/mol. The molecule has 29 heavy (non-hydrogen) atoms. The van der Waals surface area contributed by atoms with E-state index in [2.05, 4.69) is 0 Å². The summed E-state index contributed by atoms with van der Waals surface area (Å²) in [4.78, 5) is 11.3. The topological polar surface area (TPSA) is 76.4 Å². The number of carboxylic acids is 1. The second kappa shape index (κ2) is 7.22. The Balaban J connectivity index is 1.91. The lowest BCUT2D eigenvalue weighted by molar-refractivity contribution is -0.136. The van der Waals surface area contributed by atoms with Gasteiger partial charge in [0.05, 0.1) is 16.8 Å². The van der Waals surface area contributed by atoms with Crippen molar-refractivity contribution in [3.63, 3.8) is 0 Å². The maximum absolute atomic E-state index is 13.3. The SMILES string of the molecule is Cc1ccc(S(=O)(=O)n2cc(-c3cccc(CC(=O)O)c3)c3ccccc32)cc1. The van der Waals surface area contributed by atoms with Crippen LogP contribution < -0.4 is 0 Å². The highest BCUT2D eigenvalue weighted by Crippen LogP contribution is 2.33. The summed E-state index contributed by atoms with van der Waals surface area (Å²) in [6.45, 7) is 1.91. The van der Waals surface area contributed by atoms with Crippen LogP contribution in [0.25, 0.3) is 22.0 Å². The second-order valence-corrected chi connectivity index (χ2v) is 8.76. The van der Waals surface area contributed by atoms with Gasteiger partial charge in [-0.2, -0.15) is 0 Å². The van der Waals surface area contributed by atoms with Crippen LogP contribution in [-0.2, 0) is 21.2 Å². The number of rotatable bonds is 5. The van der Waals surface area contributed by atoms with Gasteiger partial charge in [0.1, 0.15) is 0 Å². The minimum Gasteiger partial charge on any atom is -0.481 e. The molecule has 0 saturated carbocycles. The van der Waals surface area contributed by atoms with Crippen molar-refractivity contribution in [1.29, 1.82) is 0 Å². The molecular weight excluding hydrogens is 386 g/mol. The van der Waals surface area contributed by atoms with E-state index in [-0.39, 0.29) is 11.3 Å². The van der Waals surface area contributed by atoms with E-state index in [1.165, 1.54) is 3.97 Å². The van der Waals surface area contributed by atoms with Gasteiger partial charge in [0.15, 0.2) is 0 Å². The summed E-state index contributed by atoms with van der Waals surface area (Å²) in [5, 5.41) is 9.86. The molecule has 0 bridgehead atoms. The fraction of sp³-hybridized carbons (Fsp3) is 0.0870. The third-order valence-corrected chi connectivity index (χ3v) is 6.54. The molecule has 3 aromatic carbocycles. The van der Waals surface area contributed by atoms with E-state index in [0.29, 0.717) is 11.1 Å². The van der Waals surface area contributed by atoms with Gasteiger partial charge in [-0.3, -0.25) is 4.79 Å².